The van der Waals surface area contributed by atoms with Crippen molar-refractivity contribution in [3.63, 3.8) is 0 Å². The van der Waals surface area contributed by atoms with Gasteiger partial charge in [0, 0.05) is 32.9 Å². The second-order valence-electron chi connectivity index (χ2n) is 6.04. The van der Waals surface area contributed by atoms with Gasteiger partial charge >= 0.3 is 0 Å². The fourth-order valence-corrected chi connectivity index (χ4v) is 3.10. The van der Waals surface area contributed by atoms with Crippen LogP contribution in [0.2, 0.25) is 0 Å². The smallest absolute Gasteiger partial charge is 0.271 e. The zero-order valence-electron chi connectivity index (χ0n) is 14.7. The molecule has 2 aromatic rings. The van der Waals surface area contributed by atoms with Crippen molar-refractivity contribution in [2.75, 3.05) is 39.4 Å². The zero-order valence-corrected chi connectivity index (χ0v) is 15.5. The van der Waals surface area contributed by atoms with E-state index in [9.17, 15) is 9.90 Å². The molecule has 1 saturated heterocycles. The number of hydrogen-bond donors (Lipinski definition) is 1. The normalized spacial score (nSPS) is 15.6. The number of para-hydroxylation sites is 1. The van der Waals surface area contributed by atoms with E-state index >= 15 is 0 Å². The summed E-state index contributed by atoms with van der Waals surface area (Å²) in [6.45, 7) is 4.59. The van der Waals surface area contributed by atoms with Gasteiger partial charge in [0.25, 0.3) is 5.56 Å². The summed E-state index contributed by atoms with van der Waals surface area (Å²) in [6.07, 6.45) is 1.44. The molecular weight excluding hydrogens is 352 g/mol. The highest BCUT2D eigenvalue weighted by Gasteiger charge is 2.15. The number of aliphatic imine (C=N–C) groups is 1. The fraction of sp³-hybridized carbons (Fsp3) is 0.389. The van der Waals surface area contributed by atoms with Crippen LogP contribution in [0.4, 0.5) is 0 Å². The molecule has 8 heteroatoms. The Morgan fingerprint density at radius 3 is 2.65 bits per heavy atom. The number of aromatic hydroxyl groups is 1. The topological polar surface area (TPSA) is 72.0 Å². The SMILES string of the molecule is Cn1c(O)c(C=NCCN2CCOCC2)c(=O)n(-c2ccccc2)c1=S. The third kappa shape index (κ3) is 3.92. The number of rotatable bonds is 5. The lowest BCUT2D eigenvalue weighted by atomic mass is 10.3. The highest BCUT2D eigenvalue weighted by Crippen LogP contribution is 2.14. The van der Waals surface area contributed by atoms with Gasteiger partial charge < -0.3 is 9.84 Å². The Morgan fingerprint density at radius 1 is 1.27 bits per heavy atom. The maximum absolute atomic E-state index is 12.9. The van der Waals surface area contributed by atoms with Gasteiger partial charge in [0.15, 0.2) is 4.77 Å². The number of nitrogens with zero attached hydrogens (tertiary/aromatic N) is 4. The lowest BCUT2D eigenvalue weighted by Gasteiger charge is -2.25. The van der Waals surface area contributed by atoms with Crippen molar-refractivity contribution in [1.29, 1.82) is 0 Å². The summed E-state index contributed by atoms with van der Waals surface area (Å²) in [5, 5.41) is 10.3. The van der Waals surface area contributed by atoms with Crippen LogP contribution in [-0.4, -0.2) is 64.7 Å². The lowest BCUT2D eigenvalue weighted by molar-refractivity contribution is 0.0395. The van der Waals surface area contributed by atoms with Gasteiger partial charge in [-0.15, -0.1) is 0 Å². The Bertz CT molecular complexity index is 899. The van der Waals surface area contributed by atoms with Crippen LogP contribution < -0.4 is 5.56 Å². The Hall–Kier alpha value is -2.29. The minimum atomic E-state index is -0.382. The van der Waals surface area contributed by atoms with E-state index in [-0.39, 0.29) is 21.8 Å². The molecule has 7 nitrogen and oxygen atoms in total. The molecule has 0 aliphatic carbocycles. The predicted octanol–water partition coefficient (Wildman–Crippen LogP) is 1.36. The highest BCUT2D eigenvalue weighted by molar-refractivity contribution is 7.71. The van der Waals surface area contributed by atoms with Crippen molar-refractivity contribution in [3.05, 3.63) is 51.0 Å². The molecular formula is C18H22N4O3S. The standard InChI is InChI=1S/C18H22N4O3S/c1-20-16(23)15(13-19-7-8-21-9-11-25-12-10-21)17(24)22(18(20)26)14-5-3-2-4-6-14/h2-6,13,23H,7-12H2,1H3. The quantitative estimate of drug-likeness (QED) is 0.632. The van der Waals surface area contributed by atoms with Crippen molar-refractivity contribution in [1.82, 2.24) is 14.0 Å². The van der Waals surface area contributed by atoms with Crippen LogP contribution in [0.5, 0.6) is 5.88 Å². The number of aromatic nitrogens is 2. The van der Waals surface area contributed by atoms with Gasteiger partial charge in [0.1, 0.15) is 5.56 Å². The molecule has 0 saturated carbocycles. The maximum Gasteiger partial charge on any atom is 0.271 e. The van der Waals surface area contributed by atoms with E-state index in [1.807, 2.05) is 18.2 Å². The van der Waals surface area contributed by atoms with Gasteiger partial charge in [0.05, 0.1) is 25.4 Å². The van der Waals surface area contributed by atoms with Gasteiger partial charge in [-0.25, -0.2) is 0 Å². The first kappa shape index (κ1) is 18.5. The van der Waals surface area contributed by atoms with Gasteiger partial charge in [-0.3, -0.25) is 23.8 Å². The third-order valence-electron chi connectivity index (χ3n) is 4.35. The minimum absolute atomic E-state index is 0.131. The van der Waals surface area contributed by atoms with Crippen LogP contribution in [0.3, 0.4) is 0 Å². The zero-order chi connectivity index (χ0) is 18.5. The average molecular weight is 374 g/mol. The van der Waals surface area contributed by atoms with Crippen molar-refractivity contribution < 1.29 is 9.84 Å². The summed E-state index contributed by atoms with van der Waals surface area (Å²) < 4.78 is 8.35. The first-order valence-electron chi connectivity index (χ1n) is 8.50. The molecule has 2 heterocycles. The molecule has 0 radical (unpaired) electrons. The van der Waals surface area contributed by atoms with Gasteiger partial charge in [0.2, 0.25) is 5.88 Å². The maximum atomic E-state index is 12.9. The van der Waals surface area contributed by atoms with E-state index in [0.717, 1.165) is 32.8 Å². The lowest BCUT2D eigenvalue weighted by Crippen LogP contribution is -2.37. The summed E-state index contributed by atoms with van der Waals surface area (Å²) >= 11 is 5.33. The summed E-state index contributed by atoms with van der Waals surface area (Å²) in [7, 11) is 1.63. The van der Waals surface area contributed by atoms with Crippen LogP contribution in [0, 0.1) is 4.77 Å². The predicted molar refractivity (Wildman–Crippen MR) is 103 cm³/mol. The second-order valence-corrected chi connectivity index (χ2v) is 6.41. The molecule has 1 aliphatic rings. The van der Waals surface area contributed by atoms with Gasteiger partial charge in [-0.05, 0) is 24.4 Å². The molecule has 3 rings (SSSR count). The Kier molecular flexibility index (Phi) is 5.97. The number of morpholine rings is 1. The molecule has 26 heavy (non-hydrogen) atoms. The second kappa shape index (κ2) is 8.39. The Morgan fingerprint density at radius 2 is 1.96 bits per heavy atom. The molecule has 1 aromatic carbocycles. The van der Waals surface area contributed by atoms with Crippen LogP contribution in [0.1, 0.15) is 5.56 Å². The van der Waals surface area contributed by atoms with Crippen LogP contribution in [0.15, 0.2) is 40.1 Å². The van der Waals surface area contributed by atoms with E-state index in [0.29, 0.717) is 12.2 Å². The van der Waals surface area contributed by atoms with Gasteiger partial charge in [-0.1, -0.05) is 18.2 Å². The van der Waals surface area contributed by atoms with Crippen molar-refractivity contribution in [3.8, 4) is 11.6 Å². The largest absolute Gasteiger partial charge is 0.494 e. The third-order valence-corrected chi connectivity index (χ3v) is 4.81. The molecule has 0 spiro atoms. The summed E-state index contributed by atoms with van der Waals surface area (Å²) in [4.78, 5) is 19.5. The van der Waals surface area contributed by atoms with E-state index in [1.165, 1.54) is 15.3 Å². The molecule has 138 valence electrons. The number of benzene rings is 1. The summed E-state index contributed by atoms with van der Waals surface area (Å²) in [6, 6.07) is 9.13. The Balaban J connectivity index is 1.87. The highest BCUT2D eigenvalue weighted by atomic mass is 32.1. The summed E-state index contributed by atoms with van der Waals surface area (Å²) in [5.74, 6) is -0.178. The molecule has 1 aromatic heterocycles. The average Bonchev–Trinajstić information content (AvgIpc) is 2.67. The van der Waals surface area contributed by atoms with E-state index in [2.05, 4.69) is 9.89 Å². The van der Waals surface area contributed by atoms with Crippen molar-refractivity contribution >= 4 is 18.4 Å². The van der Waals surface area contributed by atoms with Crippen molar-refractivity contribution in [2.45, 2.75) is 0 Å². The Labute approximate surface area is 156 Å². The molecule has 0 amide bonds. The monoisotopic (exact) mass is 374 g/mol. The van der Waals surface area contributed by atoms with Crippen LogP contribution >= 0.6 is 12.2 Å². The van der Waals surface area contributed by atoms with E-state index in [1.54, 1.807) is 19.2 Å². The number of ether oxygens (including phenoxy) is 1. The van der Waals surface area contributed by atoms with E-state index < -0.39 is 0 Å². The molecule has 0 atom stereocenters. The molecule has 0 unspecified atom stereocenters. The summed E-state index contributed by atoms with van der Waals surface area (Å²) in [5.41, 5.74) is 0.403. The fourth-order valence-electron chi connectivity index (χ4n) is 2.82. The molecule has 1 fully saturated rings. The van der Waals surface area contributed by atoms with Crippen molar-refractivity contribution in [2.24, 2.45) is 12.0 Å². The molecule has 1 aliphatic heterocycles. The number of hydrogen-bond acceptors (Lipinski definition) is 6. The molecule has 0 bridgehead atoms. The first-order valence-corrected chi connectivity index (χ1v) is 8.91. The van der Waals surface area contributed by atoms with E-state index in [4.69, 9.17) is 17.0 Å². The van der Waals surface area contributed by atoms with Crippen LogP contribution in [0.25, 0.3) is 5.69 Å². The van der Waals surface area contributed by atoms with Gasteiger partial charge in [-0.2, -0.15) is 0 Å². The first-order chi connectivity index (χ1) is 12.6. The minimum Gasteiger partial charge on any atom is -0.494 e. The van der Waals surface area contributed by atoms with Crippen LogP contribution in [-0.2, 0) is 11.8 Å². The molecule has 1 N–H and O–H groups in total.